The number of nitrogens with one attached hydrogen (secondary N) is 2. The molecule has 0 bridgehead atoms. The molecule has 4 N–H and O–H groups in total. The third-order valence-electron chi connectivity index (χ3n) is 5.13. The number of aliphatic imine (C=N–C) groups is 1. The van der Waals surface area contributed by atoms with Crippen molar-refractivity contribution in [2.24, 2.45) is 16.1 Å². The molecule has 0 heterocycles. The summed E-state index contributed by atoms with van der Waals surface area (Å²) in [6.07, 6.45) is 6.18. The Morgan fingerprint density at radius 2 is 1.89 bits per heavy atom. The van der Waals surface area contributed by atoms with Crippen LogP contribution in [-0.2, 0) is 11.3 Å². The number of ether oxygens (including phenoxy) is 1. The van der Waals surface area contributed by atoms with Crippen molar-refractivity contribution in [2.75, 3.05) is 26.8 Å². The van der Waals surface area contributed by atoms with Gasteiger partial charge in [0.25, 0.3) is 0 Å². The molecule has 2 rings (SSSR count). The van der Waals surface area contributed by atoms with Crippen molar-refractivity contribution in [3.8, 4) is 0 Å². The van der Waals surface area contributed by atoms with Gasteiger partial charge in [-0.05, 0) is 49.3 Å². The van der Waals surface area contributed by atoms with E-state index in [9.17, 15) is 4.79 Å². The molecule has 0 aromatic heterocycles. The molecule has 27 heavy (non-hydrogen) atoms. The number of halogens is 1. The van der Waals surface area contributed by atoms with Gasteiger partial charge in [0.2, 0.25) is 5.91 Å². The minimum Gasteiger partial charge on any atom is -0.385 e. The first-order valence-corrected chi connectivity index (χ1v) is 9.48. The van der Waals surface area contributed by atoms with Crippen LogP contribution in [0.5, 0.6) is 0 Å². The van der Waals surface area contributed by atoms with Gasteiger partial charge in [0, 0.05) is 32.4 Å². The number of primary amides is 1. The van der Waals surface area contributed by atoms with Crippen LogP contribution in [-0.4, -0.2) is 38.7 Å². The highest BCUT2D eigenvalue weighted by molar-refractivity contribution is 14.0. The van der Waals surface area contributed by atoms with E-state index in [1.54, 1.807) is 19.2 Å². The van der Waals surface area contributed by atoms with E-state index >= 15 is 0 Å². The molecule has 1 aromatic carbocycles. The van der Waals surface area contributed by atoms with E-state index < -0.39 is 5.91 Å². The van der Waals surface area contributed by atoms with E-state index in [0.29, 0.717) is 17.5 Å². The molecule has 1 fully saturated rings. The van der Waals surface area contributed by atoms with Gasteiger partial charge in [0.05, 0.1) is 6.54 Å². The molecule has 0 unspecified atom stereocenters. The van der Waals surface area contributed by atoms with Crippen LogP contribution in [0, 0.1) is 5.41 Å². The third kappa shape index (κ3) is 7.65. The maximum absolute atomic E-state index is 11.1. The molecule has 6 nitrogen and oxygen atoms in total. The number of amides is 1. The van der Waals surface area contributed by atoms with Crippen LogP contribution in [0.4, 0.5) is 0 Å². The summed E-state index contributed by atoms with van der Waals surface area (Å²) in [7, 11) is 1.77. The molecule has 1 aliphatic rings. The van der Waals surface area contributed by atoms with Crippen LogP contribution in [0.3, 0.4) is 0 Å². The maximum atomic E-state index is 11.1. The van der Waals surface area contributed by atoms with E-state index in [-0.39, 0.29) is 24.0 Å². The van der Waals surface area contributed by atoms with Crippen LogP contribution in [0.2, 0.25) is 0 Å². The molecule has 152 valence electrons. The van der Waals surface area contributed by atoms with Gasteiger partial charge in [0.1, 0.15) is 0 Å². The van der Waals surface area contributed by atoms with Crippen LogP contribution in [0.15, 0.2) is 29.3 Å². The predicted octanol–water partition coefficient (Wildman–Crippen LogP) is 3.06. The van der Waals surface area contributed by atoms with Gasteiger partial charge in [-0.1, -0.05) is 25.0 Å². The van der Waals surface area contributed by atoms with Crippen LogP contribution < -0.4 is 16.4 Å². The minimum absolute atomic E-state index is 0. The number of methoxy groups -OCH3 is 1. The Morgan fingerprint density at radius 1 is 1.22 bits per heavy atom. The summed E-state index contributed by atoms with van der Waals surface area (Å²) in [6.45, 7) is 5.16. The Balaban J connectivity index is 0.00000364. The summed E-state index contributed by atoms with van der Waals surface area (Å²) in [6, 6.07) is 7.27. The van der Waals surface area contributed by atoms with Gasteiger partial charge in [-0.25, -0.2) is 4.99 Å². The second-order valence-corrected chi connectivity index (χ2v) is 7.06. The Morgan fingerprint density at radius 3 is 2.44 bits per heavy atom. The lowest BCUT2D eigenvalue weighted by molar-refractivity contribution is 0.100. The van der Waals surface area contributed by atoms with Gasteiger partial charge < -0.3 is 21.1 Å². The zero-order valence-corrected chi connectivity index (χ0v) is 18.8. The number of hydrogen-bond acceptors (Lipinski definition) is 3. The summed E-state index contributed by atoms with van der Waals surface area (Å²) in [5, 5.41) is 6.83. The Hall–Kier alpha value is -1.35. The summed E-state index contributed by atoms with van der Waals surface area (Å²) in [4.78, 5) is 15.8. The number of hydrogen-bond donors (Lipinski definition) is 3. The first kappa shape index (κ1) is 23.7. The van der Waals surface area contributed by atoms with Gasteiger partial charge >= 0.3 is 0 Å². The predicted molar refractivity (Wildman–Crippen MR) is 121 cm³/mol. The van der Waals surface area contributed by atoms with Gasteiger partial charge in [-0.2, -0.15) is 0 Å². The summed E-state index contributed by atoms with van der Waals surface area (Å²) < 4.78 is 5.31. The maximum Gasteiger partial charge on any atom is 0.248 e. The third-order valence-corrected chi connectivity index (χ3v) is 5.13. The molecule has 1 aromatic rings. The number of benzene rings is 1. The van der Waals surface area contributed by atoms with Gasteiger partial charge in [0.15, 0.2) is 5.96 Å². The summed E-state index contributed by atoms with van der Waals surface area (Å²) in [5.41, 5.74) is 7.15. The van der Waals surface area contributed by atoms with Crippen molar-refractivity contribution < 1.29 is 9.53 Å². The topological polar surface area (TPSA) is 88.7 Å². The van der Waals surface area contributed by atoms with E-state index in [2.05, 4.69) is 22.5 Å². The number of guanidine groups is 1. The lowest BCUT2D eigenvalue weighted by Gasteiger charge is -2.30. The molecular weight excluding hydrogens is 455 g/mol. The average Bonchev–Trinajstić information content (AvgIpc) is 3.12. The van der Waals surface area contributed by atoms with E-state index in [4.69, 9.17) is 10.5 Å². The highest BCUT2D eigenvalue weighted by Gasteiger charge is 2.33. The van der Waals surface area contributed by atoms with E-state index in [1.165, 1.54) is 25.7 Å². The van der Waals surface area contributed by atoms with Crippen molar-refractivity contribution in [3.63, 3.8) is 0 Å². The monoisotopic (exact) mass is 488 g/mol. The van der Waals surface area contributed by atoms with E-state index in [1.807, 2.05) is 12.1 Å². The van der Waals surface area contributed by atoms with Crippen molar-refractivity contribution in [2.45, 2.75) is 45.6 Å². The average molecular weight is 488 g/mol. The Bertz CT molecular complexity index is 599. The Labute approximate surface area is 179 Å². The van der Waals surface area contributed by atoms with Crippen molar-refractivity contribution in [1.82, 2.24) is 10.6 Å². The van der Waals surface area contributed by atoms with E-state index in [0.717, 1.165) is 37.6 Å². The number of carbonyl (C=O) groups excluding carboxylic acids is 1. The van der Waals surface area contributed by atoms with Crippen molar-refractivity contribution >= 4 is 35.8 Å². The molecule has 0 saturated heterocycles. The van der Waals surface area contributed by atoms with Crippen LogP contribution >= 0.6 is 24.0 Å². The standard InChI is InChI=1S/C20H32N4O2.HI/c1-3-22-19(23-14-16-6-8-17(9-7-16)18(21)25)24-15-20(12-13-26-2)10-4-5-11-20;/h6-9H,3-5,10-15H2,1-2H3,(H2,21,25)(H2,22,23,24);1H. The molecule has 1 amide bonds. The summed E-state index contributed by atoms with van der Waals surface area (Å²) in [5.74, 6) is 0.420. The Kier molecular flexibility index (Phi) is 10.7. The molecule has 1 saturated carbocycles. The fraction of sp³-hybridized carbons (Fsp3) is 0.600. The molecular formula is C20H33IN4O2. The van der Waals surface area contributed by atoms with Crippen LogP contribution in [0.25, 0.3) is 0 Å². The first-order valence-electron chi connectivity index (χ1n) is 9.48. The zero-order chi connectivity index (χ0) is 18.8. The molecule has 1 aliphatic carbocycles. The van der Waals surface area contributed by atoms with Gasteiger partial charge in [-0.3, -0.25) is 4.79 Å². The minimum atomic E-state index is -0.409. The van der Waals surface area contributed by atoms with Crippen molar-refractivity contribution in [3.05, 3.63) is 35.4 Å². The number of rotatable bonds is 9. The highest BCUT2D eigenvalue weighted by Crippen LogP contribution is 2.40. The molecule has 0 radical (unpaired) electrons. The second kappa shape index (κ2) is 12.2. The normalized spacial score (nSPS) is 15.9. The van der Waals surface area contributed by atoms with Gasteiger partial charge in [-0.15, -0.1) is 24.0 Å². The SMILES string of the molecule is CCNC(=NCc1ccc(C(N)=O)cc1)NCC1(CCOC)CCCC1.I. The highest BCUT2D eigenvalue weighted by atomic mass is 127. The van der Waals surface area contributed by atoms with Crippen molar-refractivity contribution in [1.29, 1.82) is 0 Å². The lowest BCUT2D eigenvalue weighted by atomic mass is 9.83. The molecule has 0 atom stereocenters. The first-order chi connectivity index (χ1) is 12.6. The lowest BCUT2D eigenvalue weighted by Crippen LogP contribution is -2.43. The molecule has 0 aliphatic heterocycles. The fourth-order valence-electron chi connectivity index (χ4n) is 3.52. The molecule has 7 heteroatoms. The largest absolute Gasteiger partial charge is 0.385 e. The number of carbonyl (C=O) groups is 1. The number of nitrogens with zero attached hydrogens (tertiary/aromatic N) is 1. The smallest absolute Gasteiger partial charge is 0.248 e. The fourth-order valence-corrected chi connectivity index (χ4v) is 3.52. The summed E-state index contributed by atoms with van der Waals surface area (Å²) >= 11 is 0. The molecule has 0 spiro atoms. The van der Waals surface area contributed by atoms with Crippen LogP contribution in [0.1, 0.15) is 54.9 Å². The number of nitrogens with two attached hydrogens (primary N) is 1. The quantitative estimate of drug-likeness (QED) is 0.283. The zero-order valence-electron chi connectivity index (χ0n) is 16.4. The second-order valence-electron chi connectivity index (χ2n) is 7.06.